The van der Waals surface area contributed by atoms with Gasteiger partial charge in [0.25, 0.3) is 0 Å². The molecule has 0 aromatic heterocycles. The van der Waals surface area contributed by atoms with Crippen molar-refractivity contribution in [2.24, 2.45) is 17.3 Å². The van der Waals surface area contributed by atoms with Gasteiger partial charge in [0, 0.05) is 0 Å². The van der Waals surface area contributed by atoms with E-state index in [1.165, 1.54) is 44.9 Å². The SMILES string of the molecule is C=C/C=C1\CCCC2(C)C(CCCCC(C)(C)O)CCC12. The summed E-state index contributed by atoms with van der Waals surface area (Å²) < 4.78 is 0. The van der Waals surface area contributed by atoms with Crippen molar-refractivity contribution in [2.75, 3.05) is 0 Å². The molecule has 0 aromatic rings. The van der Waals surface area contributed by atoms with Gasteiger partial charge in [-0.3, -0.25) is 0 Å². The molecule has 2 saturated carbocycles. The molecule has 2 rings (SSSR count). The highest BCUT2D eigenvalue weighted by Gasteiger charge is 2.48. The van der Waals surface area contributed by atoms with Gasteiger partial charge in [0.05, 0.1) is 5.60 Å². The Hall–Kier alpha value is -0.560. The van der Waals surface area contributed by atoms with Crippen LogP contribution in [0.25, 0.3) is 0 Å². The largest absolute Gasteiger partial charge is 0.390 e. The van der Waals surface area contributed by atoms with E-state index in [9.17, 15) is 5.11 Å². The first kappa shape index (κ1) is 16.8. The van der Waals surface area contributed by atoms with Crippen LogP contribution in [0, 0.1) is 17.3 Å². The van der Waals surface area contributed by atoms with Crippen LogP contribution in [0.1, 0.15) is 78.6 Å². The van der Waals surface area contributed by atoms with Crippen molar-refractivity contribution in [3.05, 3.63) is 24.3 Å². The Morgan fingerprint density at radius 3 is 2.76 bits per heavy atom. The normalized spacial score (nSPS) is 35.0. The lowest BCUT2D eigenvalue weighted by molar-refractivity contribution is 0.0660. The van der Waals surface area contributed by atoms with Gasteiger partial charge in [0.2, 0.25) is 0 Å². The number of allylic oxidation sites excluding steroid dienone is 3. The molecule has 0 aliphatic heterocycles. The predicted octanol–water partition coefficient (Wildman–Crippen LogP) is 5.65. The minimum atomic E-state index is -0.493. The first-order valence-electron chi connectivity index (χ1n) is 8.91. The molecule has 0 radical (unpaired) electrons. The van der Waals surface area contributed by atoms with Crippen LogP contribution in [0.5, 0.6) is 0 Å². The van der Waals surface area contributed by atoms with Crippen molar-refractivity contribution < 1.29 is 5.11 Å². The van der Waals surface area contributed by atoms with Crippen LogP contribution < -0.4 is 0 Å². The third kappa shape index (κ3) is 4.00. The molecule has 120 valence electrons. The molecular formula is C20H34O. The van der Waals surface area contributed by atoms with Crippen LogP contribution in [0.2, 0.25) is 0 Å². The first-order valence-corrected chi connectivity index (χ1v) is 8.91. The summed E-state index contributed by atoms with van der Waals surface area (Å²) in [5, 5.41) is 9.82. The van der Waals surface area contributed by atoms with E-state index in [0.717, 1.165) is 24.7 Å². The number of unbranched alkanes of at least 4 members (excludes halogenated alkanes) is 1. The van der Waals surface area contributed by atoms with Crippen molar-refractivity contribution in [2.45, 2.75) is 84.2 Å². The first-order chi connectivity index (χ1) is 9.87. The fourth-order valence-corrected chi connectivity index (χ4v) is 4.92. The summed E-state index contributed by atoms with van der Waals surface area (Å²) in [6, 6.07) is 0. The average molecular weight is 290 g/mol. The van der Waals surface area contributed by atoms with Crippen molar-refractivity contribution in [3.63, 3.8) is 0 Å². The maximum absolute atomic E-state index is 9.82. The predicted molar refractivity (Wildman–Crippen MR) is 91.2 cm³/mol. The molecule has 0 spiro atoms. The Kier molecular flexibility index (Phi) is 5.35. The zero-order valence-corrected chi connectivity index (χ0v) is 14.3. The second-order valence-electron chi connectivity index (χ2n) is 8.22. The number of rotatable bonds is 6. The van der Waals surface area contributed by atoms with Crippen LogP contribution in [0.4, 0.5) is 0 Å². The number of hydrogen-bond acceptors (Lipinski definition) is 1. The van der Waals surface area contributed by atoms with Crippen LogP contribution in [-0.4, -0.2) is 10.7 Å². The summed E-state index contributed by atoms with van der Waals surface area (Å²) in [5.41, 5.74) is 1.70. The zero-order chi connectivity index (χ0) is 15.5. The van der Waals surface area contributed by atoms with Gasteiger partial charge < -0.3 is 5.11 Å². The van der Waals surface area contributed by atoms with Crippen molar-refractivity contribution in [1.29, 1.82) is 0 Å². The third-order valence-electron chi connectivity index (χ3n) is 6.08. The molecule has 3 atom stereocenters. The van der Waals surface area contributed by atoms with Gasteiger partial charge in [0.1, 0.15) is 0 Å². The van der Waals surface area contributed by atoms with Crippen molar-refractivity contribution in [1.82, 2.24) is 0 Å². The summed E-state index contributed by atoms with van der Waals surface area (Å²) in [6.07, 6.45) is 15.8. The summed E-state index contributed by atoms with van der Waals surface area (Å²) in [7, 11) is 0. The number of hydrogen-bond donors (Lipinski definition) is 1. The maximum atomic E-state index is 9.82. The molecule has 1 nitrogen and oxygen atoms in total. The molecule has 0 heterocycles. The van der Waals surface area contributed by atoms with Gasteiger partial charge in [-0.25, -0.2) is 0 Å². The molecule has 2 fully saturated rings. The van der Waals surface area contributed by atoms with Crippen molar-refractivity contribution >= 4 is 0 Å². The Morgan fingerprint density at radius 2 is 2.10 bits per heavy atom. The lowest BCUT2D eigenvalue weighted by Crippen LogP contribution is -2.33. The van der Waals surface area contributed by atoms with Crippen LogP contribution >= 0.6 is 0 Å². The molecular weight excluding hydrogens is 256 g/mol. The van der Waals surface area contributed by atoms with Gasteiger partial charge in [-0.15, -0.1) is 0 Å². The zero-order valence-electron chi connectivity index (χ0n) is 14.3. The van der Waals surface area contributed by atoms with E-state index >= 15 is 0 Å². The quantitative estimate of drug-likeness (QED) is 0.627. The van der Waals surface area contributed by atoms with Gasteiger partial charge in [-0.05, 0) is 76.0 Å². The van der Waals surface area contributed by atoms with Crippen molar-refractivity contribution in [3.8, 4) is 0 Å². The highest BCUT2D eigenvalue weighted by Crippen LogP contribution is 2.58. The van der Waals surface area contributed by atoms with E-state index in [0.29, 0.717) is 5.41 Å². The molecule has 21 heavy (non-hydrogen) atoms. The van der Waals surface area contributed by atoms with E-state index < -0.39 is 5.60 Å². The highest BCUT2D eigenvalue weighted by atomic mass is 16.3. The number of fused-ring (bicyclic) bond motifs is 1. The lowest BCUT2D eigenvalue weighted by Gasteiger charge is -2.42. The molecule has 0 bridgehead atoms. The number of aliphatic hydroxyl groups is 1. The van der Waals surface area contributed by atoms with E-state index in [-0.39, 0.29) is 0 Å². The van der Waals surface area contributed by atoms with E-state index in [1.54, 1.807) is 5.57 Å². The summed E-state index contributed by atoms with van der Waals surface area (Å²) >= 11 is 0. The molecule has 0 aromatic carbocycles. The summed E-state index contributed by atoms with van der Waals surface area (Å²) in [5.74, 6) is 1.70. The molecule has 0 amide bonds. The average Bonchev–Trinajstić information content (AvgIpc) is 2.72. The Morgan fingerprint density at radius 1 is 1.33 bits per heavy atom. The summed E-state index contributed by atoms with van der Waals surface area (Å²) in [4.78, 5) is 0. The third-order valence-corrected chi connectivity index (χ3v) is 6.08. The second-order valence-corrected chi connectivity index (χ2v) is 8.22. The molecule has 2 aliphatic rings. The lowest BCUT2D eigenvalue weighted by atomic mass is 9.62. The Labute approximate surface area is 131 Å². The Bertz CT molecular complexity index is 387. The van der Waals surface area contributed by atoms with E-state index in [1.807, 2.05) is 19.9 Å². The summed E-state index contributed by atoms with van der Waals surface area (Å²) in [6.45, 7) is 10.3. The molecule has 1 heteroatoms. The fraction of sp³-hybridized carbons (Fsp3) is 0.800. The topological polar surface area (TPSA) is 20.2 Å². The van der Waals surface area contributed by atoms with Gasteiger partial charge in [0.15, 0.2) is 0 Å². The molecule has 1 N–H and O–H groups in total. The van der Waals surface area contributed by atoms with E-state index in [4.69, 9.17) is 0 Å². The fourth-order valence-electron chi connectivity index (χ4n) is 4.92. The Balaban J connectivity index is 1.91. The smallest absolute Gasteiger partial charge is 0.0591 e. The molecule has 2 aliphatic carbocycles. The second kappa shape index (κ2) is 6.69. The van der Waals surface area contributed by atoms with Crippen LogP contribution in [-0.2, 0) is 0 Å². The van der Waals surface area contributed by atoms with Gasteiger partial charge in [-0.1, -0.05) is 44.1 Å². The van der Waals surface area contributed by atoms with Gasteiger partial charge >= 0.3 is 0 Å². The van der Waals surface area contributed by atoms with E-state index in [2.05, 4.69) is 19.6 Å². The standard InChI is InChI=1S/C20H34O/c1-5-9-16-10-8-15-20(4)17(12-13-18(16)20)11-6-7-14-19(2,3)21/h5,9,17-18,21H,1,6-8,10-15H2,2-4H3/b16-9+. The van der Waals surface area contributed by atoms with Crippen LogP contribution in [0.15, 0.2) is 24.3 Å². The minimum absolute atomic E-state index is 0.493. The van der Waals surface area contributed by atoms with Crippen LogP contribution in [0.3, 0.4) is 0 Å². The minimum Gasteiger partial charge on any atom is -0.390 e. The monoisotopic (exact) mass is 290 g/mol. The molecule has 3 unspecified atom stereocenters. The molecule has 0 saturated heterocycles. The maximum Gasteiger partial charge on any atom is 0.0591 e. The van der Waals surface area contributed by atoms with Gasteiger partial charge in [-0.2, -0.15) is 0 Å². The highest BCUT2D eigenvalue weighted by molar-refractivity contribution is 5.21.